The first-order valence-corrected chi connectivity index (χ1v) is 8.49. The summed E-state index contributed by atoms with van der Waals surface area (Å²) in [6.07, 6.45) is 1.51. The zero-order valence-electron chi connectivity index (χ0n) is 11.6. The van der Waals surface area contributed by atoms with Crippen molar-refractivity contribution in [1.29, 1.82) is 0 Å². The van der Waals surface area contributed by atoms with Gasteiger partial charge in [0.05, 0.1) is 0 Å². The van der Waals surface area contributed by atoms with Crippen molar-refractivity contribution in [3.8, 4) is 11.8 Å². The van der Waals surface area contributed by atoms with E-state index in [0.717, 1.165) is 22.9 Å². The Hall–Kier alpha value is -2.01. The summed E-state index contributed by atoms with van der Waals surface area (Å²) in [5.41, 5.74) is 1.02. The first-order chi connectivity index (χ1) is 10.3. The van der Waals surface area contributed by atoms with Gasteiger partial charge in [-0.3, -0.25) is 0 Å². The predicted octanol–water partition coefficient (Wildman–Crippen LogP) is 2.98. The summed E-state index contributed by atoms with van der Waals surface area (Å²) < 4.78 is 6.26. The van der Waals surface area contributed by atoms with Crippen molar-refractivity contribution in [2.45, 2.75) is 12.8 Å². The van der Waals surface area contributed by atoms with Crippen molar-refractivity contribution in [2.24, 2.45) is 0 Å². The SMILES string of the molecule is O=C(OCCCC#Cc1ccccc1)[Se]c1ccccc1. The van der Waals surface area contributed by atoms with Gasteiger partial charge in [-0.15, -0.1) is 0 Å². The molecule has 0 radical (unpaired) electrons. The molecular formula is C18H16O2Se. The Morgan fingerprint density at radius 2 is 1.67 bits per heavy atom. The molecule has 106 valence electrons. The van der Waals surface area contributed by atoms with Gasteiger partial charge < -0.3 is 0 Å². The zero-order chi connectivity index (χ0) is 14.8. The van der Waals surface area contributed by atoms with Crippen LogP contribution in [0.15, 0.2) is 60.7 Å². The van der Waals surface area contributed by atoms with Gasteiger partial charge in [0.2, 0.25) is 0 Å². The van der Waals surface area contributed by atoms with Crippen LogP contribution in [-0.2, 0) is 4.74 Å². The Labute approximate surface area is 131 Å². The molecule has 2 aromatic rings. The zero-order valence-corrected chi connectivity index (χ0v) is 13.3. The third kappa shape index (κ3) is 6.31. The Balaban J connectivity index is 1.62. The van der Waals surface area contributed by atoms with Gasteiger partial charge in [-0.05, 0) is 0 Å². The molecular weight excluding hydrogens is 327 g/mol. The molecule has 0 spiro atoms. The average Bonchev–Trinajstić information content (AvgIpc) is 2.53. The summed E-state index contributed by atoms with van der Waals surface area (Å²) in [4.78, 5) is 11.5. The number of carbonyl (C=O) groups excluding carboxylic acids is 1. The third-order valence-corrected chi connectivity index (χ3v) is 4.28. The van der Waals surface area contributed by atoms with E-state index >= 15 is 0 Å². The van der Waals surface area contributed by atoms with Gasteiger partial charge in [-0.25, -0.2) is 0 Å². The van der Waals surface area contributed by atoms with Crippen LogP contribution in [0, 0.1) is 11.8 Å². The first-order valence-electron chi connectivity index (χ1n) is 6.78. The van der Waals surface area contributed by atoms with Crippen molar-refractivity contribution in [2.75, 3.05) is 6.61 Å². The van der Waals surface area contributed by atoms with E-state index in [9.17, 15) is 4.79 Å². The summed E-state index contributed by atoms with van der Waals surface area (Å²) in [5.74, 6) is 6.17. The van der Waals surface area contributed by atoms with E-state index in [1.807, 2.05) is 60.7 Å². The average molecular weight is 343 g/mol. The first kappa shape index (κ1) is 15.4. The van der Waals surface area contributed by atoms with Crippen LogP contribution in [0.4, 0.5) is 4.79 Å². The molecule has 0 bridgehead atoms. The molecule has 2 nitrogen and oxygen atoms in total. The summed E-state index contributed by atoms with van der Waals surface area (Å²) in [6.45, 7) is 0.441. The molecule has 0 heterocycles. The van der Waals surface area contributed by atoms with E-state index in [1.54, 1.807) is 0 Å². The fourth-order valence-electron chi connectivity index (χ4n) is 1.62. The molecule has 0 fully saturated rings. The van der Waals surface area contributed by atoms with Crippen LogP contribution in [0.3, 0.4) is 0 Å². The molecule has 2 rings (SSSR count). The van der Waals surface area contributed by atoms with Crippen molar-refractivity contribution in [1.82, 2.24) is 0 Å². The minimum absolute atomic E-state index is 0.121. The minimum atomic E-state index is -0.253. The number of hydrogen-bond acceptors (Lipinski definition) is 2. The Kier molecular flexibility index (Phi) is 6.61. The molecule has 0 unspecified atom stereocenters. The number of carbonyl (C=O) groups is 1. The number of hydrogen-bond donors (Lipinski definition) is 0. The fourth-order valence-corrected chi connectivity index (χ4v) is 2.93. The van der Waals surface area contributed by atoms with Crippen molar-refractivity contribution >= 4 is 24.3 Å². The second-order valence-electron chi connectivity index (χ2n) is 4.28. The van der Waals surface area contributed by atoms with Crippen LogP contribution in [0.2, 0.25) is 0 Å². The van der Waals surface area contributed by atoms with Crippen LogP contribution in [-0.4, -0.2) is 26.4 Å². The normalized spacial score (nSPS) is 9.52. The van der Waals surface area contributed by atoms with Gasteiger partial charge in [0.25, 0.3) is 0 Å². The molecule has 0 aliphatic heterocycles. The van der Waals surface area contributed by atoms with Crippen LogP contribution < -0.4 is 4.46 Å². The molecule has 21 heavy (non-hydrogen) atoms. The van der Waals surface area contributed by atoms with Gasteiger partial charge >= 0.3 is 131 Å². The summed E-state index contributed by atoms with van der Waals surface area (Å²) >= 11 is -0.253. The monoisotopic (exact) mass is 344 g/mol. The van der Waals surface area contributed by atoms with Gasteiger partial charge in [0.1, 0.15) is 0 Å². The number of rotatable bonds is 5. The van der Waals surface area contributed by atoms with E-state index in [0.29, 0.717) is 6.61 Å². The van der Waals surface area contributed by atoms with E-state index in [1.165, 1.54) is 0 Å². The molecule has 0 amide bonds. The quantitative estimate of drug-likeness (QED) is 0.474. The van der Waals surface area contributed by atoms with E-state index in [2.05, 4.69) is 11.8 Å². The van der Waals surface area contributed by atoms with Crippen molar-refractivity contribution < 1.29 is 9.53 Å². The summed E-state index contributed by atoms with van der Waals surface area (Å²) in [7, 11) is 0. The molecule has 2 aromatic carbocycles. The second kappa shape index (κ2) is 9.02. The van der Waals surface area contributed by atoms with E-state index < -0.39 is 0 Å². The van der Waals surface area contributed by atoms with E-state index in [4.69, 9.17) is 4.74 Å². The number of unbranched alkanes of at least 4 members (excludes halogenated alkanes) is 1. The Morgan fingerprint density at radius 3 is 2.38 bits per heavy atom. The molecule has 0 saturated carbocycles. The van der Waals surface area contributed by atoms with Crippen LogP contribution >= 0.6 is 0 Å². The maximum absolute atomic E-state index is 11.6. The van der Waals surface area contributed by atoms with Crippen LogP contribution in [0.25, 0.3) is 0 Å². The van der Waals surface area contributed by atoms with Gasteiger partial charge in [-0.2, -0.15) is 0 Å². The molecule has 0 saturated heterocycles. The van der Waals surface area contributed by atoms with Crippen molar-refractivity contribution in [3.63, 3.8) is 0 Å². The molecule has 0 aliphatic rings. The molecule has 0 aromatic heterocycles. The van der Waals surface area contributed by atoms with Gasteiger partial charge in [-0.1, -0.05) is 0 Å². The van der Waals surface area contributed by atoms with Gasteiger partial charge in [0.15, 0.2) is 0 Å². The molecule has 0 aliphatic carbocycles. The topological polar surface area (TPSA) is 26.3 Å². The van der Waals surface area contributed by atoms with Crippen LogP contribution in [0.1, 0.15) is 18.4 Å². The molecule has 0 atom stereocenters. The maximum atomic E-state index is 11.6. The fraction of sp³-hybridized carbons (Fsp3) is 0.167. The Bertz CT molecular complexity index is 612. The number of benzene rings is 2. The van der Waals surface area contributed by atoms with Gasteiger partial charge in [0, 0.05) is 0 Å². The Morgan fingerprint density at radius 1 is 1.00 bits per heavy atom. The van der Waals surface area contributed by atoms with Crippen LogP contribution in [0.5, 0.6) is 0 Å². The number of ether oxygens (including phenoxy) is 1. The standard InChI is InChI=1S/C18H16O2Se/c19-18(21-17-13-7-2-8-14-17)20-15-9-3-6-12-16-10-4-1-5-11-16/h1-2,4-5,7-8,10-11,13-14H,3,9,15H2. The second-order valence-corrected chi connectivity index (χ2v) is 6.40. The third-order valence-electron chi connectivity index (χ3n) is 2.62. The van der Waals surface area contributed by atoms with E-state index in [-0.39, 0.29) is 19.8 Å². The molecule has 3 heteroatoms. The van der Waals surface area contributed by atoms with Crippen molar-refractivity contribution in [3.05, 3.63) is 66.2 Å². The predicted molar refractivity (Wildman–Crippen MR) is 85.7 cm³/mol. The summed E-state index contributed by atoms with van der Waals surface area (Å²) in [5, 5.41) is 0. The molecule has 0 N–H and O–H groups in total. The summed E-state index contributed by atoms with van der Waals surface area (Å²) in [6, 6.07) is 19.6.